The molecule has 0 bridgehead atoms. The number of benzene rings is 2. The minimum Gasteiger partial charge on any atom is -0.352 e. The summed E-state index contributed by atoms with van der Waals surface area (Å²) < 4.78 is 40.8. The van der Waals surface area contributed by atoms with E-state index in [4.69, 9.17) is 0 Å². The molecule has 6 nitrogen and oxygen atoms in total. The Morgan fingerprint density at radius 2 is 1.74 bits per heavy atom. The van der Waals surface area contributed by atoms with Crippen LogP contribution >= 0.6 is 0 Å². The van der Waals surface area contributed by atoms with Crippen LogP contribution in [-0.4, -0.2) is 45.4 Å². The highest BCUT2D eigenvalue weighted by atomic mass is 32.2. The Balaban J connectivity index is 1.44. The summed E-state index contributed by atoms with van der Waals surface area (Å²) in [6.45, 7) is 6.26. The zero-order valence-corrected chi connectivity index (χ0v) is 18.6. The van der Waals surface area contributed by atoms with Gasteiger partial charge in [0.25, 0.3) is 15.9 Å². The van der Waals surface area contributed by atoms with Crippen molar-refractivity contribution in [1.29, 1.82) is 0 Å². The summed E-state index contributed by atoms with van der Waals surface area (Å²) in [6, 6.07) is 11.2. The first-order chi connectivity index (χ1) is 14.8. The second kappa shape index (κ2) is 10.7. The predicted molar refractivity (Wildman–Crippen MR) is 120 cm³/mol. The van der Waals surface area contributed by atoms with Gasteiger partial charge in [0.15, 0.2) is 0 Å². The molecule has 8 heteroatoms. The van der Waals surface area contributed by atoms with Crippen LogP contribution in [0.2, 0.25) is 0 Å². The van der Waals surface area contributed by atoms with Gasteiger partial charge in [0, 0.05) is 12.1 Å². The molecular weight excluding hydrogens is 417 g/mol. The van der Waals surface area contributed by atoms with Gasteiger partial charge in [-0.2, -0.15) is 0 Å². The molecule has 1 amide bonds. The number of nitrogens with one attached hydrogen (secondary N) is 2. The molecule has 0 unspecified atom stereocenters. The second-order valence-corrected chi connectivity index (χ2v) is 9.78. The highest BCUT2D eigenvalue weighted by Gasteiger charge is 2.17. The zero-order chi connectivity index (χ0) is 22.3. The molecule has 1 fully saturated rings. The second-order valence-electron chi connectivity index (χ2n) is 8.10. The van der Waals surface area contributed by atoms with Gasteiger partial charge in [-0.05, 0) is 87.6 Å². The van der Waals surface area contributed by atoms with Gasteiger partial charge >= 0.3 is 0 Å². The largest absolute Gasteiger partial charge is 0.352 e. The number of para-hydroxylation sites is 1. The number of hydrogen-bond acceptors (Lipinski definition) is 4. The van der Waals surface area contributed by atoms with Gasteiger partial charge in [-0.15, -0.1) is 0 Å². The van der Waals surface area contributed by atoms with Crippen LogP contribution in [0.15, 0.2) is 53.4 Å². The quantitative estimate of drug-likeness (QED) is 0.572. The van der Waals surface area contributed by atoms with Crippen molar-refractivity contribution in [3.05, 3.63) is 59.9 Å². The Labute approximate surface area is 183 Å². The van der Waals surface area contributed by atoms with Crippen molar-refractivity contribution in [1.82, 2.24) is 10.2 Å². The van der Waals surface area contributed by atoms with E-state index in [1.807, 2.05) is 0 Å². The molecule has 0 atom stereocenters. The molecule has 2 N–H and O–H groups in total. The number of likely N-dealkylation sites (tertiary alicyclic amines) is 1. The van der Waals surface area contributed by atoms with Crippen LogP contribution < -0.4 is 10.0 Å². The molecule has 0 spiro atoms. The number of unbranched alkanes of at least 4 members (excludes halogenated alkanes) is 1. The smallest absolute Gasteiger partial charge is 0.261 e. The number of halogens is 1. The minimum atomic E-state index is -3.94. The van der Waals surface area contributed by atoms with Gasteiger partial charge in [-0.3, -0.25) is 9.52 Å². The summed E-state index contributed by atoms with van der Waals surface area (Å²) in [5, 5.41) is 2.88. The summed E-state index contributed by atoms with van der Waals surface area (Å²) in [5.41, 5.74) is 0.262. The average molecular weight is 448 g/mol. The van der Waals surface area contributed by atoms with Crippen molar-refractivity contribution in [2.45, 2.75) is 37.5 Å². The lowest BCUT2D eigenvalue weighted by Gasteiger charge is -2.30. The summed E-state index contributed by atoms with van der Waals surface area (Å²) in [6.07, 6.45) is 4.46. The molecule has 2 aromatic rings. The van der Waals surface area contributed by atoms with Gasteiger partial charge in [0.1, 0.15) is 5.82 Å². The van der Waals surface area contributed by atoms with E-state index in [2.05, 4.69) is 21.9 Å². The molecule has 0 saturated carbocycles. The lowest BCUT2D eigenvalue weighted by atomic mass is 9.99. The maximum atomic E-state index is 13.7. The van der Waals surface area contributed by atoms with Gasteiger partial charge in [0.05, 0.1) is 10.6 Å². The normalized spacial score (nSPS) is 15.5. The van der Waals surface area contributed by atoms with E-state index < -0.39 is 15.8 Å². The number of carbonyl (C=O) groups is 1. The number of rotatable bonds is 9. The monoisotopic (exact) mass is 447 g/mol. The van der Waals surface area contributed by atoms with Gasteiger partial charge in [-0.25, -0.2) is 12.8 Å². The van der Waals surface area contributed by atoms with E-state index in [-0.39, 0.29) is 16.5 Å². The van der Waals surface area contributed by atoms with Crippen LogP contribution in [0.25, 0.3) is 0 Å². The maximum absolute atomic E-state index is 13.7. The Morgan fingerprint density at radius 3 is 2.42 bits per heavy atom. The fourth-order valence-corrected chi connectivity index (χ4v) is 4.65. The molecule has 31 heavy (non-hydrogen) atoms. The Hall–Kier alpha value is -2.45. The summed E-state index contributed by atoms with van der Waals surface area (Å²) in [7, 11) is -3.94. The zero-order valence-electron chi connectivity index (χ0n) is 17.8. The van der Waals surface area contributed by atoms with Crippen molar-refractivity contribution >= 4 is 21.6 Å². The van der Waals surface area contributed by atoms with Crippen LogP contribution in [0.4, 0.5) is 10.1 Å². The van der Waals surface area contributed by atoms with E-state index in [0.29, 0.717) is 12.1 Å². The van der Waals surface area contributed by atoms with Crippen molar-refractivity contribution < 1.29 is 17.6 Å². The Morgan fingerprint density at radius 1 is 1.06 bits per heavy atom. The van der Waals surface area contributed by atoms with E-state index in [1.165, 1.54) is 55.3 Å². The van der Waals surface area contributed by atoms with Crippen molar-refractivity contribution in [3.63, 3.8) is 0 Å². The molecule has 0 aromatic heterocycles. The number of carbonyl (C=O) groups excluding carboxylic acids is 1. The number of hydrogen-bond donors (Lipinski definition) is 2. The molecule has 1 heterocycles. The van der Waals surface area contributed by atoms with Crippen molar-refractivity contribution in [3.8, 4) is 0 Å². The fourth-order valence-electron chi connectivity index (χ4n) is 3.58. The first-order valence-electron chi connectivity index (χ1n) is 10.7. The minimum absolute atomic E-state index is 0.0387. The van der Waals surface area contributed by atoms with Crippen LogP contribution in [0.1, 0.15) is 43.0 Å². The van der Waals surface area contributed by atoms with E-state index in [9.17, 15) is 17.6 Å². The molecule has 168 valence electrons. The van der Waals surface area contributed by atoms with Gasteiger partial charge < -0.3 is 10.2 Å². The standard InChI is InChI=1S/C23H30FN3O3S/c1-18-12-16-27(17-13-18)15-5-4-14-25-23(28)19-8-10-20(11-9-19)31(29,30)26-22-7-3-2-6-21(22)24/h2-3,6-11,18,26H,4-5,12-17H2,1H3,(H,25,28). The number of piperidine rings is 1. The van der Waals surface area contributed by atoms with Crippen LogP contribution in [0.5, 0.6) is 0 Å². The number of anilines is 1. The summed E-state index contributed by atoms with van der Waals surface area (Å²) in [5.74, 6) is -0.0677. The SMILES string of the molecule is CC1CCN(CCCCNC(=O)c2ccc(S(=O)(=O)Nc3ccccc3F)cc2)CC1. The Kier molecular flexibility index (Phi) is 8.03. The summed E-state index contributed by atoms with van der Waals surface area (Å²) in [4.78, 5) is 14.7. The van der Waals surface area contributed by atoms with Gasteiger partial charge in [0.2, 0.25) is 0 Å². The lowest BCUT2D eigenvalue weighted by molar-refractivity contribution is 0.0952. The Bertz CT molecular complexity index is 972. The van der Waals surface area contributed by atoms with Gasteiger partial charge in [-0.1, -0.05) is 19.1 Å². The molecule has 2 aromatic carbocycles. The molecule has 1 aliphatic rings. The molecule has 0 aliphatic carbocycles. The highest BCUT2D eigenvalue weighted by Crippen LogP contribution is 2.19. The molecule has 3 rings (SSSR count). The topological polar surface area (TPSA) is 78.5 Å². The van der Waals surface area contributed by atoms with Crippen LogP contribution in [-0.2, 0) is 10.0 Å². The van der Waals surface area contributed by atoms with Crippen molar-refractivity contribution in [2.24, 2.45) is 5.92 Å². The molecular formula is C23H30FN3O3S. The highest BCUT2D eigenvalue weighted by molar-refractivity contribution is 7.92. The third-order valence-electron chi connectivity index (χ3n) is 5.61. The third kappa shape index (κ3) is 6.77. The molecule has 1 aliphatic heterocycles. The van der Waals surface area contributed by atoms with Crippen molar-refractivity contribution in [2.75, 3.05) is 30.9 Å². The van der Waals surface area contributed by atoms with Crippen LogP contribution in [0.3, 0.4) is 0 Å². The van der Waals surface area contributed by atoms with Crippen LogP contribution in [0, 0.1) is 11.7 Å². The first kappa shape index (κ1) is 23.2. The first-order valence-corrected chi connectivity index (χ1v) is 12.2. The average Bonchev–Trinajstić information content (AvgIpc) is 2.76. The molecule has 1 saturated heterocycles. The predicted octanol–water partition coefficient (Wildman–Crippen LogP) is 3.87. The fraction of sp³-hybridized carbons (Fsp3) is 0.435. The molecule has 0 radical (unpaired) electrons. The maximum Gasteiger partial charge on any atom is 0.261 e. The lowest BCUT2D eigenvalue weighted by Crippen LogP contribution is -2.34. The third-order valence-corrected chi connectivity index (χ3v) is 6.99. The number of sulfonamides is 1. The van der Waals surface area contributed by atoms with E-state index in [0.717, 1.165) is 38.4 Å². The van der Waals surface area contributed by atoms with E-state index >= 15 is 0 Å². The number of nitrogens with zero attached hydrogens (tertiary/aromatic N) is 1. The number of amides is 1. The van der Waals surface area contributed by atoms with E-state index in [1.54, 1.807) is 6.07 Å². The summed E-state index contributed by atoms with van der Waals surface area (Å²) >= 11 is 0.